The van der Waals surface area contributed by atoms with Crippen LogP contribution in [0.2, 0.25) is 0 Å². The normalized spacial score (nSPS) is 10.6. The molecule has 0 unspecified atom stereocenters. The molecule has 1 aromatic carbocycles. The minimum Gasteiger partial charge on any atom is -0.449 e. The fraction of sp³-hybridized carbons (Fsp3) is 0.273. The molecule has 0 radical (unpaired) electrons. The van der Waals surface area contributed by atoms with Gasteiger partial charge in [-0.2, -0.15) is 23.3 Å². The van der Waals surface area contributed by atoms with Crippen LogP contribution in [0.25, 0.3) is 0 Å². The fourth-order valence-electron chi connectivity index (χ4n) is 1.19. The number of anilines is 1. The van der Waals surface area contributed by atoms with E-state index >= 15 is 0 Å². The molecule has 1 aromatic rings. The average Bonchev–Trinajstić information content (AvgIpc) is 2.30. The number of halogens is 3. The summed E-state index contributed by atoms with van der Waals surface area (Å²) in [4.78, 5) is 11.9. The summed E-state index contributed by atoms with van der Waals surface area (Å²) in [5.74, 6) is 0. The second kappa shape index (κ2) is 5.40. The van der Waals surface area contributed by atoms with Crippen LogP contribution in [0.15, 0.2) is 24.3 Å². The van der Waals surface area contributed by atoms with Crippen molar-refractivity contribution in [3.05, 3.63) is 29.8 Å². The maximum Gasteiger partial charge on any atom is 0.427 e. The molecule has 1 amide bonds. The molecular formula is C11H9F3N2O2. The van der Waals surface area contributed by atoms with Gasteiger partial charge in [-0.3, -0.25) is 0 Å². The summed E-state index contributed by atoms with van der Waals surface area (Å²) in [5, 5.41) is 8.76. The molecule has 18 heavy (non-hydrogen) atoms. The molecule has 0 aliphatic carbocycles. The van der Waals surface area contributed by atoms with E-state index < -0.39 is 17.8 Å². The zero-order valence-electron chi connectivity index (χ0n) is 9.36. The highest BCUT2D eigenvalue weighted by Crippen LogP contribution is 2.30. The number of benzene rings is 1. The molecule has 4 nitrogen and oxygen atoms in total. The Hall–Kier alpha value is -2.23. The Labute approximate surface area is 101 Å². The molecule has 0 fully saturated rings. The van der Waals surface area contributed by atoms with E-state index in [1.807, 2.05) is 0 Å². The van der Waals surface area contributed by atoms with Gasteiger partial charge in [0.2, 0.25) is 0 Å². The third-order valence-electron chi connectivity index (χ3n) is 2.00. The summed E-state index contributed by atoms with van der Waals surface area (Å²) < 4.78 is 41.5. The number of rotatable bonds is 2. The second-order valence-electron chi connectivity index (χ2n) is 3.18. The van der Waals surface area contributed by atoms with Gasteiger partial charge in [0.1, 0.15) is 0 Å². The molecule has 0 saturated carbocycles. The van der Waals surface area contributed by atoms with E-state index in [1.54, 1.807) is 6.92 Å². The van der Waals surface area contributed by atoms with Crippen LogP contribution in [0.5, 0.6) is 0 Å². The Kier molecular flexibility index (Phi) is 4.15. The zero-order chi connectivity index (χ0) is 13.8. The standard InChI is InChI=1S/C11H9F3N2O2/c1-2-18-10(17)16(7-15)9-5-3-8(4-6-9)11(12,13)14/h3-6H,2H2,1H3. The summed E-state index contributed by atoms with van der Waals surface area (Å²) in [5.41, 5.74) is -0.836. The van der Waals surface area contributed by atoms with E-state index in [-0.39, 0.29) is 12.3 Å². The SMILES string of the molecule is CCOC(=O)N(C#N)c1ccc(C(F)(F)F)cc1. The molecule has 0 heterocycles. The Morgan fingerprint density at radius 3 is 2.33 bits per heavy atom. The lowest BCUT2D eigenvalue weighted by molar-refractivity contribution is -0.137. The van der Waals surface area contributed by atoms with Crippen molar-refractivity contribution in [1.82, 2.24) is 0 Å². The van der Waals surface area contributed by atoms with Gasteiger partial charge in [0, 0.05) is 0 Å². The highest BCUT2D eigenvalue weighted by Gasteiger charge is 2.30. The van der Waals surface area contributed by atoms with Gasteiger partial charge in [0.05, 0.1) is 17.9 Å². The summed E-state index contributed by atoms with van der Waals surface area (Å²) in [6, 6.07) is 3.64. The van der Waals surface area contributed by atoms with Crippen LogP contribution in [-0.4, -0.2) is 12.7 Å². The van der Waals surface area contributed by atoms with Gasteiger partial charge in [0.15, 0.2) is 6.19 Å². The molecule has 0 bridgehead atoms. The molecule has 0 saturated heterocycles. The lowest BCUT2D eigenvalue weighted by Gasteiger charge is -2.14. The van der Waals surface area contributed by atoms with Gasteiger partial charge < -0.3 is 4.74 Å². The molecule has 0 aromatic heterocycles. The molecule has 7 heteroatoms. The number of amides is 1. The second-order valence-corrected chi connectivity index (χ2v) is 3.18. The number of nitrogens with zero attached hydrogens (tertiary/aromatic N) is 2. The van der Waals surface area contributed by atoms with Gasteiger partial charge in [-0.15, -0.1) is 0 Å². The number of ether oxygens (including phenoxy) is 1. The lowest BCUT2D eigenvalue weighted by Crippen LogP contribution is -2.26. The largest absolute Gasteiger partial charge is 0.449 e. The predicted octanol–water partition coefficient (Wildman–Crippen LogP) is 3.15. The Balaban J connectivity index is 2.97. The molecule has 0 aliphatic rings. The third-order valence-corrected chi connectivity index (χ3v) is 2.00. The Morgan fingerprint density at radius 1 is 1.39 bits per heavy atom. The number of carbonyl (C=O) groups excluding carboxylic acids is 1. The molecule has 96 valence electrons. The van der Waals surface area contributed by atoms with E-state index in [0.29, 0.717) is 4.90 Å². The number of carbonyl (C=O) groups is 1. The average molecular weight is 258 g/mol. The molecule has 0 N–H and O–H groups in total. The Bertz CT molecular complexity index is 463. The summed E-state index contributed by atoms with van der Waals surface area (Å²) >= 11 is 0. The van der Waals surface area contributed by atoms with Crippen LogP contribution in [0.3, 0.4) is 0 Å². The fourth-order valence-corrected chi connectivity index (χ4v) is 1.19. The van der Waals surface area contributed by atoms with Gasteiger partial charge in [-0.05, 0) is 31.2 Å². The summed E-state index contributed by atoms with van der Waals surface area (Å²) in [6.07, 6.45) is -3.85. The molecule has 0 aliphatic heterocycles. The molecule has 1 rings (SSSR count). The van der Waals surface area contributed by atoms with Crippen molar-refractivity contribution in [2.45, 2.75) is 13.1 Å². The molecule has 0 spiro atoms. The first-order valence-corrected chi connectivity index (χ1v) is 4.94. The van der Waals surface area contributed by atoms with Crippen LogP contribution in [0.1, 0.15) is 12.5 Å². The molecular weight excluding hydrogens is 249 g/mol. The summed E-state index contributed by atoms with van der Waals surface area (Å²) in [7, 11) is 0. The van der Waals surface area contributed by atoms with Crippen LogP contribution in [0, 0.1) is 11.5 Å². The highest BCUT2D eigenvalue weighted by atomic mass is 19.4. The number of hydrogen-bond acceptors (Lipinski definition) is 3. The number of nitriles is 1. The van der Waals surface area contributed by atoms with E-state index in [0.717, 1.165) is 24.3 Å². The quantitative estimate of drug-likeness (QED) is 0.604. The monoisotopic (exact) mass is 258 g/mol. The first-order valence-electron chi connectivity index (χ1n) is 4.94. The Morgan fingerprint density at radius 2 is 1.94 bits per heavy atom. The summed E-state index contributed by atoms with van der Waals surface area (Å²) in [6.45, 7) is 1.62. The lowest BCUT2D eigenvalue weighted by atomic mass is 10.2. The van der Waals surface area contributed by atoms with Gasteiger partial charge in [-0.25, -0.2) is 4.79 Å². The van der Waals surface area contributed by atoms with Crippen LogP contribution in [0.4, 0.5) is 23.7 Å². The van der Waals surface area contributed by atoms with Gasteiger partial charge in [0.25, 0.3) is 0 Å². The van der Waals surface area contributed by atoms with Crippen molar-refractivity contribution in [3.8, 4) is 6.19 Å². The maximum absolute atomic E-state index is 12.3. The smallest absolute Gasteiger partial charge is 0.427 e. The van der Waals surface area contributed by atoms with Crippen molar-refractivity contribution in [2.24, 2.45) is 0 Å². The van der Waals surface area contributed by atoms with Crippen molar-refractivity contribution in [2.75, 3.05) is 11.5 Å². The van der Waals surface area contributed by atoms with E-state index in [2.05, 4.69) is 4.74 Å². The maximum atomic E-state index is 12.3. The van der Waals surface area contributed by atoms with Crippen LogP contribution >= 0.6 is 0 Å². The van der Waals surface area contributed by atoms with Crippen molar-refractivity contribution in [3.63, 3.8) is 0 Å². The van der Waals surface area contributed by atoms with Crippen LogP contribution in [-0.2, 0) is 10.9 Å². The van der Waals surface area contributed by atoms with E-state index in [4.69, 9.17) is 5.26 Å². The minimum absolute atomic E-state index is 0.0175. The van der Waals surface area contributed by atoms with Gasteiger partial charge in [-0.1, -0.05) is 0 Å². The van der Waals surface area contributed by atoms with E-state index in [1.165, 1.54) is 6.19 Å². The van der Waals surface area contributed by atoms with Crippen molar-refractivity contribution >= 4 is 11.8 Å². The first kappa shape index (κ1) is 13.8. The minimum atomic E-state index is -4.46. The van der Waals surface area contributed by atoms with Crippen molar-refractivity contribution < 1.29 is 22.7 Å². The zero-order valence-corrected chi connectivity index (χ0v) is 9.36. The predicted molar refractivity (Wildman–Crippen MR) is 56.6 cm³/mol. The number of alkyl halides is 3. The third kappa shape index (κ3) is 3.13. The highest BCUT2D eigenvalue weighted by molar-refractivity contribution is 5.90. The van der Waals surface area contributed by atoms with Crippen molar-refractivity contribution in [1.29, 1.82) is 5.26 Å². The number of hydrogen-bond donors (Lipinski definition) is 0. The first-order chi connectivity index (χ1) is 8.40. The van der Waals surface area contributed by atoms with E-state index in [9.17, 15) is 18.0 Å². The van der Waals surface area contributed by atoms with Gasteiger partial charge >= 0.3 is 12.3 Å². The topological polar surface area (TPSA) is 53.3 Å². The molecule has 0 atom stereocenters. The van der Waals surface area contributed by atoms with Crippen LogP contribution < -0.4 is 4.90 Å².